The van der Waals surface area contributed by atoms with E-state index in [0.29, 0.717) is 31.9 Å². The molecule has 0 unspecified atom stereocenters. The van der Waals surface area contributed by atoms with Crippen molar-refractivity contribution in [3.63, 3.8) is 0 Å². The number of ether oxygens (including phenoxy) is 2. The van der Waals surface area contributed by atoms with Gasteiger partial charge in [-0.1, -0.05) is 65.5 Å². The van der Waals surface area contributed by atoms with Gasteiger partial charge in [-0.3, -0.25) is 4.79 Å². The first-order valence-corrected chi connectivity index (χ1v) is 12.6. The van der Waals surface area contributed by atoms with E-state index in [1.54, 1.807) is 7.11 Å². The minimum atomic E-state index is -0.159. The third kappa shape index (κ3) is 12.7. The highest BCUT2D eigenvalue weighted by Crippen LogP contribution is 2.21. The number of hydrogen-bond donors (Lipinski definition) is 3. The first kappa shape index (κ1) is 28.8. The van der Waals surface area contributed by atoms with Crippen molar-refractivity contribution >= 4 is 24.2 Å². The lowest BCUT2D eigenvalue weighted by Crippen LogP contribution is -2.38. The van der Waals surface area contributed by atoms with Gasteiger partial charge in [-0.05, 0) is 30.7 Å². The molecule has 0 saturated heterocycles. The number of nitrogens with one attached hydrogen (secondary N) is 2. The number of benzene rings is 1. The van der Waals surface area contributed by atoms with Crippen LogP contribution in [0.5, 0.6) is 0 Å². The second-order valence-corrected chi connectivity index (χ2v) is 10.7. The number of rotatable bonds is 18. The summed E-state index contributed by atoms with van der Waals surface area (Å²) in [5.41, 5.74) is 1.41. The molecule has 1 rings (SSSR count). The topological polar surface area (TPSA) is 59.6 Å². The van der Waals surface area contributed by atoms with Crippen molar-refractivity contribution in [2.24, 2.45) is 10.8 Å². The van der Waals surface area contributed by atoms with Crippen LogP contribution in [0.2, 0.25) is 0 Å². The SMILES string of the molecule is COCC(C)(C)COCC(C)(C)CNC(=O)c1ccccc1NCCCCCCCCS. The molecule has 0 fully saturated rings. The normalized spacial score (nSPS) is 12.1. The summed E-state index contributed by atoms with van der Waals surface area (Å²) in [6.07, 6.45) is 7.34. The van der Waals surface area contributed by atoms with Gasteiger partial charge in [-0.25, -0.2) is 0 Å². The van der Waals surface area contributed by atoms with Gasteiger partial charge >= 0.3 is 0 Å². The molecule has 2 N–H and O–H groups in total. The predicted octanol–water partition coefficient (Wildman–Crippen LogP) is 5.81. The molecule has 1 amide bonds. The van der Waals surface area contributed by atoms with Crippen LogP contribution in [0.4, 0.5) is 5.69 Å². The van der Waals surface area contributed by atoms with Gasteiger partial charge in [0.15, 0.2) is 0 Å². The molecule has 5 nitrogen and oxygen atoms in total. The lowest BCUT2D eigenvalue weighted by atomic mass is 9.93. The molecule has 1 aromatic carbocycles. The molecular formula is C26H46N2O3S. The molecule has 0 heterocycles. The summed E-state index contributed by atoms with van der Waals surface area (Å²) in [6.45, 7) is 11.8. The van der Waals surface area contributed by atoms with Gasteiger partial charge in [-0.2, -0.15) is 12.6 Å². The summed E-state index contributed by atoms with van der Waals surface area (Å²) >= 11 is 4.26. The quantitative estimate of drug-likeness (QED) is 0.189. The second kappa shape index (κ2) is 15.6. The number of para-hydroxylation sites is 1. The van der Waals surface area contributed by atoms with Crippen molar-refractivity contribution in [2.75, 3.05) is 51.1 Å². The Morgan fingerprint density at radius 2 is 1.53 bits per heavy atom. The zero-order valence-electron chi connectivity index (χ0n) is 21.0. The standard InChI is InChI=1S/C26H46N2O3S/c1-25(2,20-31-21-26(3,4)19-30-5)18-28-24(29)22-14-10-11-15-23(22)27-16-12-8-6-7-9-13-17-32/h10-11,14-15,27,32H,6-9,12-13,16-21H2,1-5H3,(H,28,29). The molecular weight excluding hydrogens is 420 g/mol. The monoisotopic (exact) mass is 466 g/mol. The summed E-state index contributed by atoms with van der Waals surface area (Å²) in [5, 5.41) is 6.54. The van der Waals surface area contributed by atoms with Crippen LogP contribution in [-0.2, 0) is 9.47 Å². The average Bonchev–Trinajstić information content (AvgIpc) is 2.74. The summed E-state index contributed by atoms with van der Waals surface area (Å²) in [7, 11) is 1.71. The van der Waals surface area contributed by atoms with E-state index in [1.807, 2.05) is 24.3 Å². The van der Waals surface area contributed by atoms with E-state index in [4.69, 9.17) is 9.47 Å². The molecule has 0 aliphatic heterocycles. The van der Waals surface area contributed by atoms with Crippen molar-refractivity contribution in [3.05, 3.63) is 29.8 Å². The van der Waals surface area contributed by atoms with Gasteiger partial charge in [0.1, 0.15) is 0 Å². The van der Waals surface area contributed by atoms with Crippen LogP contribution in [0.15, 0.2) is 24.3 Å². The van der Waals surface area contributed by atoms with Gasteiger partial charge in [0.2, 0.25) is 0 Å². The van der Waals surface area contributed by atoms with Crippen LogP contribution < -0.4 is 10.6 Å². The molecule has 1 aromatic rings. The molecule has 0 atom stereocenters. The third-order valence-electron chi connectivity index (χ3n) is 5.32. The molecule has 32 heavy (non-hydrogen) atoms. The Hall–Kier alpha value is -1.24. The van der Waals surface area contributed by atoms with Crippen LogP contribution in [0.1, 0.15) is 76.6 Å². The van der Waals surface area contributed by atoms with Crippen molar-refractivity contribution in [3.8, 4) is 0 Å². The van der Waals surface area contributed by atoms with Crippen molar-refractivity contribution in [2.45, 2.75) is 66.2 Å². The number of anilines is 1. The zero-order chi connectivity index (χ0) is 23.9. The summed E-state index contributed by atoms with van der Waals surface area (Å²) in [4.78, 5) is 12.9. The fourth-order valence-corrected chi connectivity index (χ4v) is 3.73. The highest BCUT2D eigenvalue weighted by Gasteiger charge is 2.23. The smallest absolute Gasteiger partial charge is 0.253 e. The van der Waals surface area contributed by atoms with Crippen molar-refractivity contribution < 1.29 is 14.3 Å². The average molecular weight is 467 g/mol. The highest BCUT2D eigenvalue weighted by molar-refractivity contribution is 7.80. The van der Waals surface area contributed by atoms with E-state index < -0.39 is 0 Å². The van der Waals surface area contributed by atoms with E-state index in [2.05, 4.69) is 51.0 Å². The zero-order valence-corrected chi connectivity index (χ0v) is 21.9. The summed E-state index contributed by atoms with van der Waals surface area (Å²) < 4.78 is 11.2. The number of carbonyl (C=O) groups excluding carboxylic acids is 1. The van der Waals surface area contributed by atoms with Crippen LogP contribution in [-0.4, -0.2) is 51.7 Å². The van der Waals surface area contributed by atoms with E-state index in [0.717, 1.165) is 24.4 Å². The van der Waals surface area contributed by atoms with E-state index in [-0.39, 0.29) is 16.7 Å². The molecule has 0 aliphatic carbocycles. The number of hydrogen-bond acceptors (Lipinski definition) is 5. The molecule has 184 valence electrons. The Morgan fingerprint density at radius 1 is 0.906 bits per heavy atom. The Bertz CT molecular complexity index is 650. The molecule has 0 radical (unpaired) electrons. The Labute approximate surface area is 201 Å². The number of thiol groups is 1. The third-order valence-corrected chi connectivity index (χ3v) is 5.64. The van der Waals surface area contributed by atoms with Crippen LogP contribution in [0, 0.1) is 10.8 Å². The number of unbranched alkanes of at least 4 members (excludes halogenated alkanes) is 5. The van der Waals surface area contributed by atoms with E-state index in [1.165, 1.54) is 32.1 Å². The largest absolute Gasteiger partial charge is 0.384 e. The van der Waals surface area contributed by atoms with Crippen molar-refractivity contribution in [1.82, 2.24) is 5.32 Å². The number of methoxy groups -OCH3 is 1. The number of amides is 1. The fourth-order valence-electron chi connectivity index (χ4n) is 3.50. The Kier molecular flexibility index (Phi) is 14.0. The molecule has 0 saturated carbocycles. The maximum atomic E-state index is 12.9. The summed E-state index contributed by atoms with van der Waals surface area (Å²) in [6, 6.07) is 7.74. The fraction of sp³-hybridized carbons (Fsp3) is 0.731. The summed E-state index contributed by atoms with van der Waals surface area (Å²) in [5.74, 6) is 0.935. The lowest BCUT2D eigenvalue weighted by Gasteiger charge is -2.29. The van der Waals surface area contributed by atoms with Crippen LogP contribution in [0.3, 0.4) is 0 Å². The van der Waals surface area contributed by atoms with E-state index in [9.17, 15) is 4.79 Å². The molecule has 0 bridgehead atoms. The molecule has 6 heteroatoms. The Balaban J connectivity index is 2.42. The lowest BCUT2D eigenvalue weighted by molar-refractivity contribution is -0.0143. The van der Waals surface area contributed by atoms with Gasteiger partial charge in [0, 0.05) is 36.7 Å². The number of carbonyl (C=O) groups is 1. The predicted molar refractivity (Wildman–Crippen MR) is 139 cm³/mol. The highest BCUT2D eigenvalue weighted by atomic mass is 32.1. The van der Waals surface area contributed by atoms with E-state index >= 15 is 0 Å². The van der Waals surface area contributed by atoms with Crippen LogP contribution >= 0.6 is 12.6 Å². The molecule has 0 aromatic heterocycles. The molecule has 0 aliphatic rings. The first-order valence-electron chi connectivity index (χ1n) is 12.0. The first-order chi connectivity index (χ1) is 15.2. The minimum absolute atomic E-state index is 0.0227. The van der Waals surface area contributed by atoms with Gasteiger partial charge in [0.05, 0.1) is 25.4 Å². The maximum Gasteiger partial charge on any atom is 0.253 e. The second-order valence-electron chi connectivity index (χ2n) is 10.3. The van der Waals surface area contributed by atoms with Gasteiger partial charge in [-0.15, -0.1) is 0 Å². The molecule has 0 spiro atoms. The van der Waals surface area contributed by atoms with Crippen LogP contribution in [0.25, 0.3) is 0 Å². The maximum absolute atomic E-state index is 12.9. The Morgan fingerprint density at radius 3 is 2.22 bits per heavy atom. The van der Waals surface area contributed by atoms with Crippen molar-refractivity contribution in [1.29, 1.82) is 0 Å². The minimum Gasteiger partial charge on any atom is -0.384 e. The van der Waals surface area contributed by atoms with Gasteiger partial charge < -0.3 is 20.1 Å². The van der Waals surface area contributed by atoms with Gasteiger partial charge in [0.25, 0.3) is 5.91 Å².